The molecule has 0 aliphatic carbocycles. The summed E-state index contributed by atoms with van der Waals surface area (Å²) < 4.78 is 0. The van der Waals surface area contributed by atoms with Crippen LogP contribution in [0.1, 0.15) is 71.3 Å². The Kier molecular flexibility index (Phi) is 6.81. The topological polar surface area (TPSA) is 46.2 Å². The van der Waals surface area contributed by atoms with Gasteiger partial charge in [0.05, 0.1) is 5.69 Å². The van der Waals surface area contributed by atoms with Crippen LogP contribution in [-0.2, 0) is 10.2 Å². The molecule has 0 atom stereocenters. The van der Waals surface area contributed by atoms with Gasteiger partial charge in [-0.3, -0.25) is 9.59 Å². The lowest BCUT2D eigenvalue weighted by Gasteiger charge is -2.22. The van der Waals surface area contributed by atoms with Crippen LogP contribution in [0.25, 0.3) is 0 Å². The summed E-state index contributed by atoms with van der Waals surface area (Å²) in [6, 6.07) is 5.57. The Balaban J connectivity index is 0.00000191. The van der Waals surface area contributed by atoms with Crippen LogP contribution in [0.5, 0.6) is 0 Å². The fourth-order valence-corrected chi connectivity index (χ4v) is 1.54. The molecule has 0 saturated heterocycles. The second-order valence-electron chi connectivity index (χ2n) is 6.87. The first-order valence-electron chi connectivity index (χ1n) is 7.47. The van der Waals surface area contributed by atoms with Gasteiger partial charge in [-0.1, -0.05) is 61.5 Å². The van der Waals surface area contributed by atoms with Crippen molar-refractivity contribution in [2.45, 2.75) is 60.8 Å². The van der Waals surface area contributed by atoms with E-state index in [9.17, 15) is 9.59 Å². The molecule has 1 N–H and O–H groups in total. The van der Waals surface area contributed by atoms with Crippen molar-refractivity contribution in [3.8, 4) is 0 Å². The van der Waals surface area contributed by atoms with Crippen molar-refractivity contribution in [3.63, 3.8) is 0 Å². The van der Waals surface area contributed by atoms with Gasteiger partial charge in [0.25, 0.3) is 0 Å². The highest BCUT2D eigenvalue weighted by molar-refractivity contribution is 5.99. The van der Waals surface area contributed by atoms with Gasteiger partial charge >= 0.3 is 0 Å². The molecule has 21 heavy (non-hydrogen) atoms. The Morgan fingerprint density at radius 1 is 1.05 bits per heavy atom. The lowest BCUT2D eigenvalue weighted by atomic mass is 9.86. The summed E-state index contributed by atoms with van der Waals surface area (Å²) in [5.74, 6) is -0.0957. The van der Waals surface area contributed by atoms with Crippen molar-refractivity contribution >= 4 is 17.9 Å². The molecule has 1 aromatic carbocycles. The molecule has 0 aliphatic heterocycles. The van der Waals surface area contributed by atoms with Gasteiger partial charge < -0.3 is 5.32 Å². The third kappa shape index (κ3) is 5.70. The fraction of sp³-hybridized carbons (Fsp3) is 0.556. The van der Waals surface area contributed by atoms with E-state index in [1.54, 1.807) is 6.07 Å². The molecule has 0 spiro atoms. The molecule has 0 radical (unpaired) electrons. The molecule has 0 unspecified atom stereocenters. The van der Waals surface area contributed by atoms with Crippen LogP contribution < -0.4 is 5.32 Å². The molecule has 0 bridgehead atoms. The zero-order chi connectivity index (χ0) is 16.8. The SMILES string of the molecule is CC.CC(C)(C)C(=O)Nc1cc(C(C)(C)C)ccc1C=O. The zero-order valence-corrected chi connectivity index (χ0v) is 14.6. The number of aldehydes is 1. The van der Waals surface area contributed by atoms with Crippen molar-refractivity contribution in [3.05, 3.63) is 29.3 Å². The average molecular weight is 291 g/mol. The lowest BCUT2D eigenvalue weighted by Crippen LogP contribution is -2.28. The van der Waals surface area contributed by atoms with Crippen LogP contribution in [0.4, 0.5) is 5.69 Å². The predicted octanol–water partition coefficient (Wildman–Crippen LogP) is 4.81. The molecule has 0 aliphatic rings. The summed E-state index contributed by atoms with van der Waals surface area (Å²) in [5.41, 5.74) is 1.66. The standard InChI is InChI=1S/C16H23NO2.C2H6/c1-15(2,3)12-8-7-11(10-18)13(9-12)17-14(19)16(4,5)6;1-2/h7-10H,1-6H3,(H,17,19);1-2H3. The van der Waals surface area contributed by atoms with Gasteiger partial charge in [-0.25, -0.2) is 0 Å². The number of benzene rings is 1. The van der Waals surface area contributed by atoms with Crippen molar-refractivity contribution in [1.29, 1.82) is 0 Å². The average Bonchev–Trinajstić information content (AvgIpc) is 2.38. The predicted molar refractivity (Wildman–Crippen MR) is 90.0 cm³/mol. The number of hydrogen-bond donors (Lipinski definition) is 1. The second kappa shape index (κ2) is 7.39. The molecule has 0 fully saturated rings. The van der Waals surface area contributed by atoms with Crippen LogP contribution in [0.15, 0.2) is 18.2 Å². The molecule has 1 amide bonds. The number of carbonyl (C=O) groups is 2. The minimum atomic E-state index is -0.488. The van der Waals surface area contributed by atoms with E-state index in [4.69, 9.17) is 0 Å². The maximum atomic E-state index is 12.0. The molecule has 3 heteroatoms. The van der Waals surface area contributed by atoms with Gasteiger partial charge in [0.1, 0.15) is 0 Å². The van der Waals surface area contributed by atoms with Crippen molar-refractivity contribution in [1.82, 2.24) is 0 Å². The van der Waals surface area contributed by atoms with E-state index in [-0.39, 0.29) is 11.3 Å². The first-order valence-corrected chi connectivity index (χ1v) is 7.47. The number of hydrogen-bond acceptors (Lipinski definition) is 2. The van der Waals surface area contributed by atoms with Gasteiger partial charge in [-0.15, -0.1) is 0 Å². The quantitative estimate of drug-likeness (QED) is 0.795. The third-order valence-corrected chi connectivity index (χ3v) is 2.98. The highest BCUT2D eigenvalue weighted by Crippen LogP contribution is 2.27. The fourth-order valence-electron chi connectivity index (χ4n) is 1.54. The smallest absolute Gasteiger partial charge is 0.229 e. The summed E-state index contributed by atoms with van der Waals surface area (Å²) in [6.45, 7) is 15.8. The van der Waals surface area contributed by atoms with Crippen LogP contribution in [0, 0.1) is 5.41 Å². The Morgan fingerprint density at radius 2 is 1.57 bits per heavy atom. The number of rotatable bonds is 2. The monoisotopic (exact) mass is 291 g/mol. The largest absolute Gasteiger partial charge is 0.325 e. The molecule has 3 nitrogen and oxygen atoms in total. The molecule has 0 heterocycles. The molecular weight excluding hydrogens is 262 g/mol. The maximum Gasteiger partial charge on any atom is 0.229 e. The van der Waals surface area contributed by atoms with Gasteiger partial charge in [0, 0.05) is 11.0 Å². The Hall–Kier alpha value is -1.64. The first-order chi connectivity index (χ1) is 9.55. The Bertz CT molecular complexity index is 491. The summed E-state index contributed by atoms with van der Waals surface area (Å²) in [4.78, 5) is 23.1. The Morgan fingerprint density at radius 3 is 1.95 bits per heavy atom. The number of anilines is 1. The van der Waals surface area contributed by atoms with Crippen molar-refractivity contribution in [2.75, 3.05) is 5.32 Å². The van der Waals surface area contributed by atoms with Crippen molar-refractivity contribution in [2.24, 2.45) is 5.41 Å². The zero-order valence-electron chi connectivity index (χ0n) is 14.6. The van der Waals surface area contributed by atoms with Gasteiger partial charge in [0.2, 0.25) is 5.91 Å². The van der Waals surface area contributed by atoms with Gasteiger partial charge in [0.15, 0.2) is 6.29 Å². The lowest BCUT2D eigenvalue weighted by molar-refractivity contribution is -0.123. The van der Waals surface area contributed by atoms with E-state index in [2.05, 4.69) is 26.1 Å². The summed E-state index contributed by atoms with van der Waals surface area (Å²) in [5, 5.41) is 2.84. The van der Waals surface area contributed by atoms with E-state index in [0.29, 0.717) is 11.3 Å². The summed E-state index contributed by atoms with van der Waals surface area (Å²) in [7, 11) is 0. The summed E-state index contributed by atoms with van der Waals surface area (Å²) in [6.07, 6.45) is 0.769. The molecule has 118 valence electrons. The highest BCUT2D eigenvalue weighted by Gasteiger charge is 2.23. The van der Waals surface area contributed by atoms with Gasteiger partial charge in [-0.05, 0) is 23.1 Å². The highest BCUT2D eigenvalue weighted by atomic mass is 16.2. The van der Waals surface area contributed by atoms with Crippen LogP contribution >= 0.6 is 0 Å². The van der Waals surface area contributed by atoms with Crippen LogP contribution in [-0.4, -0.2) is 12.2 Å². The van der Waals surface area contributed by atoms with Crippen LogP contribution in [0.3, 0.4) is 0 Å². The number of carbonyl (C=O) groups excluding carboxylic acids is 2. The maximum absolute atomic E-state index is 12.0. The molecule has 1 aromatic rings. The summed E-state index contributed by atoms with van der Waals surface area (Å²) >= 11 is 0. The second-order valence-corrected chi connectivity index (χ2v) is 6.87. The Labute approximate surface area is 129 Å². The number of amides is 1. The normalized spacial score (nSPS) is 11.2. The van der Waals surface area contributed by atoms with Gasteiger partial charge in [-0.2, -0.15) is 0 Å². The molecule has 0 aromatic heterocycles. The minimum Gasteiger partial charge on any atom is -0.325 e. The van der Waals surface area contributed by atoms with Crippen molar-refractivity contribution < 1.29 is 9.59 Å². The van der Waals surface area contributed by atoms with E-state index in [0.717, 1.165) is 11.8 Å². The van der Waals surface area contributed by atoms with E-state index in [1.165, 1.54) is 0 Å². The molecular formula is C18H29NO2. The van der Waals surface area contributed by atoms with E-state index < -0.39 is 5.41 Å². The van der Waals surface area contributed by atoms with E-state index >= 15 is 0 Å². The van der Waals surface area contributed by atoms with Crippen LogP contribution in [0.2, 0.25) is 0 Å². The minimum absolute atomic E-state index is 0.0252. The first kappa shape index (κ1) is 19.4. The molecule has 1 rings (SSSR count). The third-order valence-electron chi connectivity index (χ3n) is 2.98. The molecule has 0 saturated carbocycles. The number of nitrogens with one attached hydrogen (secondary N) is 1. The van der Waals surface area contributed by atoms with E-state index in [1.807, 2.05) is 46.8 Å².